The van der Waals surface area contributed by atoms with Crippen molar-refractivity contribution in [3.8, 4) is 11.1 Å². The van der Waals surface area contributed by atoms with Gasteiger partial charge in [-0.2, -0.15) is 10.1 Å². The molecular weight excluding hydrogens is 342 g/mol. The van der Waals surface area contributed by atoms with Crippen molar-refractivity contribution in [1.29, 1.82) is 0 Å². The van der Waals surface area contributed by atoms with Crippen molar-refractivity contribution in [2.75, 3.05) is 12.4 Å². The van der Waals surface area contributed by atoms with E-state index in [2.05, 4.69) is 30.4 Å². The third-order valence-electron chi connectivity index (χ3n) is 5.36. The van der Waals surface area contributed by atoms with Crippen LogP contribution in [0.3, 0.4) is 0 Å². The van der Waals surface area contributed by atoms with Crippen LogP contribution < -0.4 is 5.32 Å². The van der Waals surface area contributed by atoms with Gasteiger partial charge in [-0.15, -0.1) is 0 Å². The summed E-state index contributed by atoms with van der Waals surface area (Å²) in [5, 5.41) is 8.60. The molecule has 1 saturated carbocycles. The van der Waals surface area contributed by atoms with Gasteiger partial charge in [-0.05, 0) is 43.4 Å². The van der Waals surface area contributed by atoms with Crippen LogP contribution in [0.5, 0.6) is 0 Å². The van der Waals surface area contributed by atoms with Crippen molar-refractivity contribution >= 4 is 22.6 Å². The Morgan fingerprint density at radius 2 is 2.11 bits per heavy atom. The van der Waals surface area contributed by atoms with Crippen molar-refractivity contribution in [2.24, 2.45) is 0 Å². The first-order chi connectivity index (χ1) is 13.3. The minimum absolute atomic E-state index is 0.389. The van der Waals surface area contributed by atoms with Gasteiger partial charge in [0.05, 0.1) is 6.10 Å². The minimum Gasteiger partial charge on any atom is -0.381 e. The van der Waals surface area contributed by atoms with E-state index in [4.69, 9.17) is 4.74 Å². The second kappa shape index (κ2) is 6.62. The largest absolute Gasteiger partial charge is 0.381 e. The topological polar surface area (TPSA) is 93.0 Å². The molecule has 0 radical (unpaired) electrons. The van der Waals surface area contributed by atoms with E-state index in [0.29, 0.717) is 18.1 Å². The second-order valence-corrected chi connectivity index (χ2v) is 6.99. The highest BCUT2D eigenvalue weighted by atomic mass is 16.5. The van der Waals surface area contributed by atoms with Crippen LogP contribution in [0.2, 0.25) is 0 Å². The molecule has 2 N–H and O–H groups in total. The van der Waals surface area contributed by atoms with Crippen LogP contribution in [0.25, 0.3) is 27.8 Å². The highest BCUT2D eigenvalue weighted by Gasteiger charge is 2.21. The first-order valence-electron chi connectivity index (χ1n) is 9.23. The average Bonchev–Trinajstić information content (AvgIpc) is 3.34. The summed E-state index contributed by atoms with van der Waals surface area (Å²) in [6, 6.07) is 4.43. The number of nitrogens with one attached hydrogen (secondary N) is 2. The zero-order valence-electron chi connectivity index (χ0n) is 15.1. The molecule has 0 aliphatic heterocycles. The number of aromatic amines is 1. The molecular formula is C19H21N7O. The smallest absolute Gasteiger partial charge is 0.224 e. The lowest BCUT2D eigenvalue weighted by atomic mass is 9.93. The molecule has 0 unspecified atom stereocenters. The first-order valence-corrected chi connectivity index (χ1v) is 9.23. The first kappa shape index (κ1) is 16.2. The Morgan fingerprint density at radius 1 is 1.22 bits per heavy atom. The molecule has 0 bridgehead atoms. The third-order valence-corrected chi connectivity index (χ3v) is 5.36. The number of aromatic nitrogens is 6. The fourth-order valence-corrected chi connectivity index (χ4v) is 3.82. The lowest BCUT2D eigenvalue weighted by Gasteiger charge is -2.28. The lowest BCUT2D eigenvalue weighted by Crippen LogP contribution is -2.29. The van der Waals surface area contributed by atoms with Crippen molar-refractivity contribution in [3.05, 3.63) is 37.1 Å². The van der Waals surface area contributed by atoms with E-state index in [0.717, 1.165) is 53.5 Å². The Balaban J connectivity index is 1.39. The van der Waals surface area contributed by atoms with E-state index >= 15 is 0 Å². The molecule has 0 aromatic carbocycles. The van der Waals surface area contributed by atoms with Crippen LogP contribution in [-0.4, -0.2) is 48.8 Å². The van der Waals surface area contributed by atoms with E-state index in [9.17, 15) is 0 Å². The van der Waals surface area contributed by atoms with E-state index in [1.165, 1.54) is 0 Å². The van der Waals surface area contributed by atoms with Crippen LogP contribution in [0.1, 0.15) is 25.7 Å². The molecule has 0 amide bonds. The van der Waals surface area contributed by atoms with Crippen LogP contribution >= 0.6 is 0 Å². The normalized spacial score (nSPS) is 20.3. The molecule has 8 nitrogen and oxygen atoms in total. The average molecular weight is 363 g/mol. The molecule has 8 heteroatoms. The molecule has 1 aliphatic carbocycles. The molecule has 5 rings (SSSR count). The number of methoxy groups -OCH3 is 1. The predicted octanol–water partition coefficient (Wildman–Crippen LogP) is 3.04. The number of anilines is 1. The molecule has 4 aromatic heterocycles. The Bertz CT molecular complexity index is 1080. The Hall–Kier alpha value is -3.00. The third kappa shape index (κ3) is 3.02. The van der Waals surface area contributed by atoms with Gasteiger partial charge < -0.3 is 15.0 Å². The summed E-state index contributed by atoms with van der Waals surface area (Å²) in [6.07, 6.45) is 12.0. The van der Waals surface area contributed by atoms with Gasteiger partial charge in [-0.1, -0.05) is 0 Å². The van der Waals surface area contributed by atoms with Crippen LogP contribution in [0, 0.1) is 0 Å². The predicted molar refractivity (Wildman–Crippen MR) is 103 cm³/mol. The number of nitrogens with zero attached hydrogens (tertiary/aromatic N) is 5. The van der Waals surface area contributed by atoms with Gasteiger partial charge in [-0.25, -0.2) is 14.5 Å². The van der Waals surface area contributed by atoms with E-state index < -0.39 is 0 Å². The van der Waals surface area contributed by atoms with Gasteiger partial charge in [0.15, 0.2) is 5.65 Å². The highest BCUT2D eigenvalue weighted by Crippen LogP contribution is 2.29. The minimum atomic E-state index is 0.389. The molecule has 1 aliphatic rings. The quantitative estimate of drug-likeness (QED) is 0.579. The lowest BCUT2D eigenvalue weighted by molar-refractivity contribution is 0.0681. The van der Waals surface area contributed by atoms with E-state index in [1.807, 2.05) is 30.7 Å². The monoisotopic (exact) mass is 363 g/mol. The molecule has 0 spiro atoms. The maximum absolute atomic E-state index is 5.44. The number of rotatable bonds is 4. The van der Waals surface area contributed by atoms with Crippen molar-refractivity contribution in [1.82, 2.24) is 29.5 Å². The van der Waals surface area contributed by atoms with Gasteiger partial charge in [0.1, 0.15) is 12.0 Å². The van der Waals surface area contributed by atoms with Crippen molar-refractivity contribution in [3.63, 3.8) is 0 Å². The summed E-state index contributed by atoms with van der Waals surface area (Å²) in [6.45, 7) is 0. The maximum Gasteiger partial charge on any atom is 0.224 e. The SMILES string of the molecule is COC1CCC(Nc2ncc3c(-c4ccn5ncnc5c4)c[nH]c3n2)CC1. The van der Waals surface area contributed by atoms with Crippen LogP contribution in [0.4, 0.5) is 5.95 Å². The number of hydrogen-bond donors (Lipinski definition) is 2. The molecule has 0 atom stereocenters. The second-order valence-electron chi connectivity index (χ2n) is 6.99. The molecule has 27 heavy (non-hydrogen) atoms. The Kier molecular flexibility index (Phi) is 3.97. The zero-order valence-corrected chi connectivity index (χ0v) is 15.1. The van der Waals surface area contributed by atoms with E-state index in [1.54, 1.807) is 18.0 Å². The molecule has 4 aromatic rings. The van der Waals surface area contributed by atoms with Crippen molar-refractivity contribution < 1.29 is 4.74 Å². The van der Waals surface area contributed by atoms with Gasteiger partial charge in [0.2, 0.25) is 5.95 Å². The standard InChI is InChI=1S/C19H21N7O/c1-27-14-4-2-13(3-5-14)24-19-21-10-16-15(9-20-18(16)25-19)12-6-7-26-17(8-12)22-11-23-26/h6-11,13-14H,2-5H2,1H3,(H2,20,21,24,25). The van der Waals surface area contributed by atoms with E-state index in [-0.39, 0.29) is 0 Å². The van der Waals surface area contributed by atoms with Gasteiger partial charge in [-0.3, -0.25) is 0 Å². The molecule has 1 fully saturated rings. The summed E-state index contributed by atoms with van der Waals surface area (Å²) in [4.78, 5) is 16.7. The summed E-state index contributed by atoms with van der Waals surface area (Å²) >= 11 is 0. The number of pyridine rings is 1. The summed E-state index contributed by atoms with van der Waals surface area (Å²) in [7, 11) is 1.79. The van der Waals surface area contributed by atoms with Gasteiger partial charge >= 0.3 is 0 Å². The fraction of sp³-hybridized carbons (Fsp3) is 0.368. The summed E-state index contributed by atoms with van der Waals surface area (Å²) in [5.74, 6) is 0.671. The molecule has 138 valence electrons. The zero-order chi connectivity index (χ0) is 18.2. The maximum atomic E-state index is 5.44. The fourth-order valence-electron chi connectivity index (χ4n) is 3.82. The number of H-pyrrole nitrogens is 1. The van der Waals surface area contributed by atoms with Crippen LogP contribution in [-0.2, 0) is 4.74 Å². The summed E-state index contributed by atoms with van der Waals surface area (Å²) in [5.41, 5.74) is 3.76. The van der Waals surface area contributed by atoms with Gasteiger partial charge in [0.25, 0.3) is 0 Å². The number of ether oxygens (including phenoxy) is 1. The Labute approximate surface area is 156 Å². The Morgan fingerprint density at radius 3 is 2.96 bits per heavy atom. The molecule has 0 saturated heterocycles. The summed E-state index contributed by atoms with van der Waals surface area (Å²) < 4.78 is 7.19. The van der Waals surface area contributed by atoms with Crippen molar-refractivity contribution in [2.45, 2.75) is 37.8 Å². The molecule has 4 heterocycles. The van der Waals surface area contributed by atoms with Gasteiger partial charge in [0, 0.05) is 42.7 Å². The highest BCUT2D eigenvalue weighted by molar-refractivity contribution is 5.93. The van der Waals surface area contributed by atoms with Crippen LogP contribution in [0.15, 0.2) is 37.1 Å². The number of fused-ring (bicyclic) bond motifs is 2. The number of hydrogen-bond acceptors (Lipinski definition) is 6.